The zero-order chi connectivity index (χ0) is 13.9. The number of carbonyl (C=O) groups is 1. The van der Waals surface area contributed by atoms with Crippen LogP contribution >= 0.6 is 11.8 Å². The fourth-order valence-corrected chi connectivity index (χ4v) is 2.02. The van der Waals surface area contributed by atoms with E-state index >= 15 is 0 Å². The van der Waals surface area contributed by atoms with Crippen LogP contribution in [0, 0.1) is 0 Å². The molecule has 0 radical (unpaired) electrons. The number of nitrogens with one attached hydrogen (secondary N) is 1. The fraction of sp³-hybridized carbons (Fsp3) is 0.250. The van der Waals surface area contributed by atoms with Gasteiger partial charge in [-0.2, -0.15) is 5.10 Å². The van der Waals surface area contributed by atoms with Crippen LogP contribution in [-0.2, 0) is 10.7 Å². The Morgan fingerprint density at radius 2 is 2.05 bits per heavy atom. The molecule has 1 aliphatic rings. The van der Waals surface area contributed by atoms with Crippen molar-refractivity contribution in [2.75, 3.05) is 5.75 Å². The van der Waals surface area contributed by atoms with Crippen molar-refractivity contribution in [3.63, 3.8) is 0 Å². The molecule has 1 amide bonds. The van der Waals surface area contributed by atoms with Gasteiger partial charge in [0.15, 0.2) is 5.17 Å². The summed E-state index contributed by atoms with van der Waals surface area (Å²) in [4.78, 5) is 10.9. The second kappa shape index (κ2) is 5.48. The van der Waals surface area contributed by atoms with Gasteiger partial charge in [0.1, 0.15) is 0 Å². The maximum atomic E-state index is 13.0. The van der Waals surface area contributed by atoms with Crippen molar-refractivity contribution in [2.24, 2.45) is 10.2 Å². The van der Waals surface area contributed by atoms with Crippen molar-refractivity contribution in [2.45, 2.75) is 12.8 Å². The van der Waals surface area contributed by atoms with Crippen molar-refractivity contribution >= 4 is 29.1 Å². The van der Waals surface area contributed by atoms with Gasteiger partial charge in [-0.15, -0.1) is 5.10 Å². The molecule has 100 valence electrons. The predicted octanol–water partition coefficient (Wildman–Crippen LogP) is 2.35. The summed E-state index contributed by atoms with van der Waals surface area (Å²) in [6, 6.07) is 5.77. The van der Waals surface area contributed by atoms with Gasteiger partial charge in [-0.3, -0.25) is 4.79 Å². The molecule has 1 fully saturated rings. The van der Waals surface area contributed by atoms with Crippen LogP contribution in [-0.4, -0.2) is 23.0 Å². The van der Waals surface area contributed by atoms with E-state index in [1.54, 1.807) is 0 Å². The lowest BCUT2D eigenvalue weighted by molar-refractivity contribution is -0.116. The standard InChI is InChI=1S/C12H11F2N3OS/c1-12(13,14)9-4-2-8(3-5-9)6-15-17-11-16-10(18)7-19-11/h2-6H,7H2,1H3,(H,16,17,18). The van der Waals surface area contributed by atoms with Crippen LogP contribution in [0.5, 0.6) is 0 Å². The number of alkyl halides is 2. The van der Waals surface area contributed by atoms with Crippen LogP contribution in [0.3, 0.4) is 0 Å². The molecule has 1 aliphatic heterocycles. The topological polar surface area (TPSA) is 53.8 Å². The number of rotatable bonds is 3. The first-order chi connectivity index (χ1) is 8.95. The quantitative estimate of drug-likeness (QED) is 0.684. The highest BCUT2D eigenvalue weighted by Gasteiger charge is 2.23. The number of thioether (sulfide) groups is 1. The number of halogens is 2. The third kappa shape index (κ3) is 3.85. The van der Waals surface area contributed by atoms with Gasteiger partial charge in [0, 0.05) is 12.5 Å². The monoisotopic (exact) mass is 283 g/mol. The maximum absolute atomic E-state index is 13.0. The highest BCUT2D eigenvalue weighted by atomic mass is 32.2. The zero-order valence-electron chi connectivity index (χ0n) is 10.1. The van der Waals surface area contributed by atoms with E-state index in [1.165, 1.54) is 42.2 Å². The SMILES string of the molecule is CC(F)(F)c1ccc(C=NN=C2NC(=O)CS2)cc1. The second-order valence-electron chi connectivity index (χ2n) is 4.00. The first kappa shape index (κ1) is 13.7. The minimum atomic E-state index is -2.85. The minimum absolute atomic E-state index is 0.0467. The Kier molecular flexibility index (Phi) is 3.94. The van der Waals surface area contributed by atoms with Crippen molar-refractivity contribution in [1.29, 1.82) is 0 Å². The maximum Gasteiger partial charge on any atom is 0.270 e. The largest absolute Gasteiger partial charge is 0.303 e. The van der Waals surface area contributed by atoms with E-state index in [4.69, 9.17) is 0 Å². The van der Waals surface area contributed by atoms with Gasteiger partial charge in [0.05, 0.1) is 12.0 Å². The van der Waals surface area contributed by atoms with E-state index in [-0.39, 0.29) is 11.5 Å². The molecule has 0 saturated carbocycles. The number of carbonyl (C=O) groups excluding carboxylic acids is 1. The van der Waals surface area contributed by atoms with Crippen LogP contribution in [0.4, 0.5) is 8.78 Å². The number of benzene rings is 1. The summed E-state index contributed by atoms with van der Waals surface area (Å²) in [5.74, 6) is -2.61. The summed E-state index contributed by atoms with van der Waals surface area (Å²) in [5, 5.41) is 10.6. The second-order valence-corrected chi connectivity index (χ2v) is 4.96. The summed E-state index contributed by atoms with van der Waals surface area (Å²) < 4.78 is 26.0. The van der Waals surface area contributed by atoms with Crippen molar-refractivity contribution in [1.82, 2.24) is 5.32 Å². The first-order valence-corrected chi connectivity index (χ1v) is 6.46. The molecule has 0 atom stereocenters. The number of amidine groups is 1. The Morgan fingerprint density at radius 3 is 2.58 bits per heavy atom. The summed E-state index contributed by atoms with van der Waals surface area (Å²) in [6.07, 6.45) is 1.44. The number of hydrogen-bond donors (Lipinski definition) is 1. The average Bonchev–Trinajstić information content (AvgIpc) is 2.75. The Morgan fingerprint density at radius 1 is 1.37 bits per heavy atom. The van der Waals surface area contributed by atoms with Gasteiger partial charge in [0.2, 0.25) is 5.91 Å². The van der Waals surface area contributed by atoms with Gasteiger partial charge in [0.25, 0.3) is 5.92 Å². The average molecular weight is 283 g/mol. The molecule has 7 heteroatoms. The molecule has 1 heterocycles. The summed E-state index contributed by atoms with van der Waals surface area (Å²) in [5.41, 5.74) is 0.612. The number of amides is 1. The van der Waals surface area contributed by atoms with E-state index < -0.39 is 5.92 Å². The van der Waals surface area contributed by atoms with Crippen molar-refractivity contribution in [3.05, 3.63) is 35.4 Å². The molecule has 0 bridgehead atoms. The third-order valence-electron chi connectivity index (χ3n) is 2.36. The van der Waals surface area contributed by atoms with Crippen molar-refractivity contribution < 1.29 is 13.6 Å². The van der Waals surface area contributed by atoms with Gasteiger partial charge >= 0.3 is 0 Å². The number of nitrogens with zero attached hydrogens (tertiary/aromatic N) is 2. The van der Waals surface area contributed by atoms with E-state index in [0.29, 0.717) is 16.5 Å². The zero-order valence-corrected chi connectivity index (χ0v) is 10.9. The molecule has 0 spiro atoms. The molecule has 1 N–H and O–H groups in total. The van der Waals surface area contributed by atoms with Gasteiger partial charge in [-0.1, -0.05) is 36.0 Å². The Labute approximate surface area is 113 Å². The van der Waals surface area contributed by atoms with Crippen LogP contribution in [0.25, 0.3) is 0 Å². The fourth-order valence-electron chi connectivity index (χ4n) is 1.39. The van der Waals surface area contributed by atoms with Gasteiger partial charge < -0.3 is 5.32 Å². The third-order valence-corrected chi connectivity index (χ3v) is 3.22. The molecule has 1 aromatic carbocycles. The van der Waals surface area contributed by atoms with Crippen LogP contribution < -0.4 is 5.32 Å². The summed E-state index contributed by atoms with van der Waals surface area (Å²) in [6.45, 7) is 0.849. The summed E-state index contributed by atoms with van der Waals surface area (Å²) in [7, 11) is 0. The minimum Gasteiger partial charge on any atom is -0.303 e. The molecule has 4 nitrogen and oxygen atoms in total. The van der Waals surface area contributed by atoms with Crippen molar-refractivity contribution in [3.8, 4) is 0 Å². The van der Waals surface area contributed by atoms with Gasteiger partial charge in [-0.25, -0.2) is 8.78 Å². The molecule has 2 rings (SSSR count). The van der Waals surface area contributed by atoms with Crippen LogP contribution in [0.1, 0.15) is 18.1 Å². The summed E-state index contributed by atoms with van der Waals surface area (Å²) >= 11 is 1.27. The lowest BCUT2D eigenvalue weighted by atomic mass is 10.1. The lowest BCUT2D eigenvalue weighted by Gasteiger charge is -2.09. The molecule has 0 aromatic heterocycles. The molecule has 1 saturated heterocycles. The number of hydrogen-bond acceptors (Lipinski definition) is 4. The van der Waals surface area contributed by atoms with E-state index in [2.05, 4.69) is 15.5 Å². The lowest BCUT2D eigenvalue weighted by Crippen LogP contribution is -2.19. The Hall–Kier alpha value is -1.76. The van der Waals surface area contributed by atoms with E-state index in [0.717, 1.165) is 6.92 Å². The molecule has 1 aromatic rings. The van der Waals surface area contributed by atoms with Crippen LogP contribution in [0.2, 0.25) is 0 Å². The van der Waals surface area contributed by atoms with Gasteiger partial charge in [-0.05, 0) is 5.56 Å². The van der Waals surface area contributed by atoms with E-state index in [1.807, 2.05) is 0 Å². The van der Waals surface area contributed by atoms with Crippen LogP contribution in [0.15, 0.2) is 34.5 Å². The first-order valence-electron chi connectivity index (χ1n) is 5.47. The Balaban J connectivity index is 2.02. The highest BCUT2D eigenvalue weighted by Crippen LogP contribution is 2.26. The molecular weight excluding hydrogens is 272 g/mol. The highest BCUT2D eigenvalue weighted by molar-refractivity contribution is 8.15. The molecule has 0 aliphatic carbocycles. The molecule has 19 heavy (non-hydrogen) atoms. The smallest absolute Gasteiger partial charge is 0.270 e. The molecule has 0 unspecified atom stereocenters. The Bertz CT molecular complexity index is 535. The predicted molar refractivity (Wildman–Crippen MR) is 71.6 cm³/mol. The normalized spacial score (nSPS) is 18.3. The van der Waals surface area contributed by atoms with E-state index in [9.17, 15) is 13.6 Å². The molecular formula is C12H11F2N3OS.